The molecule has 0 aliphatic rings. The van der Waals surface area contributed by atoms with Crippen LogP contribution in [0.15, 0.2) is 0 Å². The van der Waals surface area contributed by atoms with Crippen LogP contribution in [0.4, 0.5) is 0 Å². The van der Waals surface area contributed by atoms with Crippen LogP contribution in [0.3, 0.4) is 0 Å². The average Bonchev–Trinajstić information content (AvgIpc) is 1.82. The highest BCUT2D eigenvalue weighted by Crippen LogP contribution is 2.02. The molecule has 0 N–H and O–H groups in total. The predicted octanol–water partition coefficient (Wildman–Crippen LogP) is -0.628. The fourth-order valence-corrected chi connectivity index (χ4v) is 1.40. The van der Waals surface area contributed by atoms with Crippen molar-refractivity contribution in [3.8, 4) is 0 Å². The van der Waals surface area contributed by atoms with Gasteiger partial charge in [-0.3, -0.25) is 0 Å². The maximum absolute atomic E-state index is 10.9. The van der Waals surface area contributed by atoms with Crippen molar-refractivity contribution in [3.63, 3.8) is 0 Å². The summed E-state index contributed by atoms with van der Waals surface area (Å²) in [6.45, 7) is 2.72. The quantitative estimate of drug-likeness (QED) is 0.641. The molecule has 0 aromatic rings. The fourth-order valence-electron chi connectivity index (χ4n) is 0.517. The van der Waals surface area contributed by atoms with E-state index in [1.165, 1.54) is 13.8 Å². The Hall–Kier alpha value is -0.140. The minimum absolute atomic E-state index is 0.975. The van der Waals surface area contributed by atoms with Crippen LogP contribution in [0.25, 0.3) is 0 Å². The molecule has 0 bridgehead atoms. The van der Waals surface area contributed by atoms with E-state index in [-0.39, 0.29) is 0 Å². The summed E-state index contributed by atoms with van der Waals surface area (Å²) < 4.78 is 43.6. The topological polar surface area (TPSA) is 82.4 Å². The van der Waals surface area contributed by atoms with Crippen molar-refractivity contribution in [2.24, 2.45) is 0 Å². The van der Waals surface area contributed by atoms with E-state index < -0.39 is 30.4 Å². The predicted molar refractivity (Wildman–Crippen MR) is 50.7 cm³/mol. The van der Waals surface area contributed by atoms with E-state index in [1.807, 2.05) is 0 Å². The minimum Gasteiger partial charge on any atom is -0.227 e. The summed E-state index contributed by atoms with van der Waals surface area (Å²) in [6, 6.07) is 0. The molecule has 0 saturated carbocycles. The Morgan fingerprint density at radius 3 is 1.23 bits per heavy atom. The van der Waals surface area contributed by atoms with Crippen molar-refractivity contribution >= 4 is 19.7 Å². The van der Waals surface area contributed by atoms with Crippen LogP contribution in [0.2, 0.25) is 0 Å². The molecule has 79 valence electrons. The summed E-state index contributed by atoms with van der Waals surface area (Å²) in [6.07, 6.45) is 2.05. The summed E-state index contributed by atoms with van der Waals surface area (Å²) in [5.41, 5.74) is 0. The first-order valence-electron chi connectivity index (χ1n) is 3.63. The van der Waals surface area contributed by atoms with E-state index in [9.17, 15) is 16.8 Å². The van der Waals surface area contributed by atoms with Gasteiger partial charge >= 0.3 is 0 Å². The van der Waals surface area contributed by atoms with Crippen LogP contribution < -0.4 is 5.32 Å². The highest BCUT2D eigenvalue weighted by atomic mass is 32.2. The molecule has 7 heteroatoms. The van der Waals surface area contributed by atoms with Gasteiger partial charge in [0.1, 0.15) is 10.7 Å². The zero-order valence-corrected chi connectivity index (χ0v) is 9.68. The highest BCUT2D eigenvalue weighted by molar-refractivity contribution is 7.92. The van der Waals surface area contributed by atoms with Crippen molar-refractivity contribution < 1.29 is 16.8 Å². The Labute approximate surface area is 79.4 Å². The fraction of sp³-hybridized carbons (Fsp3) is 1.00. The molecule has 13 heavy (non-hydrogen) atoms. The third-order valence-corrected chi connectivity index (χ3v) is 4.38. The molecule has 0 aliphatic heterocycles. The van der Waals surface area contributed by atoms with Gasteiger partial charge in [0.25, 0.3) is 0 Å². The first-order valence-corrected chi connectivity index (χ1v) is 7.53. The zero-order valence-electron chi connectivity index (χ0n) is 8.05. The molecule has 0 spiro atoms. The van der Waals surface area contributed by atoms with Crippen LogP contribution >= 0.6 is 0 Å². The molecule has 0 saturated heterocycles. The SMILES string of the molecule is CC([N]C(C)S(C)(=O)=O)S(C)(=O)=O. The lowest BCUT2D eigenvalue weighted by molar-refractivity contribution is 0.536. The minimum atomic E-state index is -3.29. The zero-order chi connectivity index (χ0) is 10.9. The Morgan fingerprint density at radius 2 is 1.08 bits per heavy atom. The second kappa shape index (κ2) is 3.93. The van der Waals surface area contributed by atoms with E-state index >= 15 is 0 Å². The summed E-state index contributed by atoms with van der Waals surface area (Å²) in [5.74, 6) is 0. The van der Waals surface area contributed by atoms with Crippen LogP contribution in [0.1, 0.15) is 13.8 Å². The molecule has 0 aromatic carbocycles. The molecular weight excluding hydrogens is 214 g/mol. The van der Waals surface area contributed by atoms with Gasteiger partial charge in [-0.15, -0.1) is 0 Å². The second-order valence-corrected chi connectivity index (χ2v) is 7.69. The molecule has 0 aliphatic carbocycles. The third-order valence-electron chi connectivity index (χ3n) is 1.66. The number of hydrogen-bond donors (Lipinski definition) is 0. The molecule has 0 heterocycles. The molecular formula is C6H14NO4S2. The molecule has 2 atom stereocenters. The van der Waals surface area contributed by atoms with E-state index in [4.69, 9.17) is 0 Å². The van der Waals surface area contributed by atoms with E-state index in [2.05, 4.69) is 5.32 Å². The van der Waals surface area contributed by atoms with Crippen molar-refractivity contribution in [1.82, 2.24) is 5.32 Å². The molecule has 2 unspecified atom stereocenters. The van der Waals surface area contributed by atoms with E-state index in [0.29, 0.717) is 0 Å². The van der Waals surface area contributed by atoms with Gasteiger partial charge in [0.2, 0.25) is 0 Å². The lowest BCUT2D eigenvalue weighted by atomic mass is 10.6. The van der Waals surface area contributed by atoms with Gasteiger partial charge in [-0.1, -0.05) is 0 Å². The summed E-state index contributed by atoms with van der Waals surface area (Å²) >= 11 is 0. The first-order chi connectivity index (χ1) is 5.55. The van der Waals surface area contributed by atoms with E-state index in [1.54, 1.807) is 0 Å². The smallest absolute Gasteiger partial charge is 0.164 e. The third kappa shape index (κ3) is 4.58. The molecule has 0 aromatic heterocycles. The van der Waals surface area contributed by atoms with Crippen molar-refractivity contribution in [1.29, 1.82) is 0 Å². The Balaban J connectivity index is 4.50. The van der Waals surface area contributed by atoms with Gasteiger partial charge in [0, 0.05) is 12.5 Å². The number of hydrogen-bond acceptors (Lipinski definition) is 4. The summed E-state index contributed by atoms with van der Waals surface area (Å²) in [7, 11) is -6.58. The largest absolute Gasteiger partial charge is 0.227 e. The van der Waals surface area contributed by atoms with Crippen molar-refractivity contribution in [2.45, 2.75) is 24.6 Å². The summed E-state index contributed by atoms with van der Waals surface area (Å²) in [5, 5.41) is 1.69. The van der Waals surface area contributed by atoms with Crippen molar-refractivity contribution in [3.05, 3.63) is 0 Å². The van der Waals surface area contributed by atoms with E-state index in [0.717, 1.165) is 12.5 Å². The van der Waals surface area contributed by atoms with Gasteiger partial charge in [0.05, 0.1) is 0 Å². The lowest BCUT2D eigenvalue weighted by Crippen LogP contribution is -2.37. The highest BCUT2D eigenvalue weighted by Gasteiger charge is 2.23. The van der Waals surface area contributed by atoms with Gasteiger partial charge in [-0.05, 0) is 13.8 Å². The Kier molecular flexibility index (Phi) is 3.89. The number of rotatable bonds is 4. The van der Waals surface area contributed by atoms with Crippen LogP contribution in [-0.2, 0) is 19.7 Å². The number of sulfone groups is 2. The maximum Gasteiger partial charge on any atom is 0.164 e. The average molecular weight is 228 g/mol. The Bertz CT molecular complexity index is 320. The summed E-state index contributed by atoms with van der Waals surface area (Å²) in [4.78, 5) is 0. The standard InChI is InChI=1S/C6H14NO4S2/c1-5(12(3,8)9)7-6(2)13(4,10)11/h5-6H,1-4H3. The maximum atomic E-state index is 10.9. The van der Waals surface area contributed by atoms with Crippen LogP contribution in [-0.4, -0.2) is 40.1 Å². The van der Waals surface area contributed by atoms with Crippen LogP contribution in [0, 0.1) is 0 Å². The normalized spacial score (nSPS) is 18.2. The number of nitrogens with zero attached hydrogens (tertiary/aromatic N) is 1. The molecule has 0 amide bonds. The van der Waals surface area contributed by atoms with Gasteiger partial charge < -0.3 is 0 Å². The monoisotopic (exact) mass is 228 g/mol. The van der Waals surface area contributed by atoms with Crippen LogP contribution in [0.5, 0.6) is 0 Å². The first kappa shape index (κ1) is 12.9. The second-order valence-electron chi connectivity index (χ2n) is 3.01. The lowest BCUT2D eigenvalue weighted by Gasteiger charge is -2.14. The van der Waals surface area contributed by atoms with Gasteiger partial charge in [-0.2, -0.15) is 0 Å². The molecule has 0 fully saturated rings. The van der Waals surface area contributed by atoms with Gasteiger partial charge in [-0.25, -0.2) is 22.2 Å². The van der Waals surface area contributed by atoms with Crippen molar-refractivity contribution in [2.75, 3.05) is 12.5 Å². The molecule has 1 radical (unpaired) electrons. The Morgan fingerprint density at radius 1 is 0.846 bits per heavy atom. The molecule has 5 nitrogen and oxygen atoms in total. The molecule has 0 rings (SSSR count). The van der Waals surface area contributed by atoms with Gasteiger partial charge in [0.15, 0.2) is 19.7 Å².